The van der Waals surface area contributed by atoms with Crippen molar-refractivity contribution in [3.63, 3.8) is 0 Å². The molecule has 1 nitrogen and oxygen atoms in total. The smallest absolute Gasteiger partial charge is 0.165 e. The van der Waals surface area contributed by atoms with Crippen molar-refractivity contribution in [2.24, 2.45) is 0 Å². The molecule has 140 valence electrons. The Morgan fingerprint density at radius 1 is 0.741 bits per heavy atom. The molecule has 0 saturated heterocycles. The van der Waals surface area contributed by atoms with Crippen LogP contribution in [0, 0.1) is 5.82 Å². The number of halogens is 1. The molecule has 0 bridgehead atoms. The quantitative estimate of drug-likeness (QED) is 0.432. The van der Waals surface area contributed by atoms with Gasteiger partial charge in [0.1, 0.15) is 0 Å². The van der Waals surface area contributed by atoms with Gasteiger partial charge in [0.15, 0.2) is 11.6 Å². The van der Waals surface area contributed by atoms with Crippen LogP contribution in [0.4, 0.5) is 4.39 Å². The van der Waals surface area contributed by atoms with Gasteiger partial charge in [-0.2, -0.15) is 0 Å². The summed E-state index contributed by atoms with van der Waals surface area (Å²) in [6.07, 6.45) is 2.09. The lowest BCUT2D eigenvalue weighted by atomic mass is 9.88. The molecule has 3 aromatic rings. The highest BCUT2D eigenvalue weighted by Crippen LogP contribution is 2.30. The summed E-state index contributed by atoms with van der Waals surface area (Å²) in [7, 11) is 1.49. The van der Waals surface area contributed by atoms with Crippen LogP contribution in [0.5, 0.6) is 5.75 Å². The minimum atomic E-state index is -0.286. The first-order valence-corrected chi connectivity index (χ1v) is 9.57. The van der Waals surface area contributed by atoms with E-state index < -0.39 is 0 Å². The van der Waals surface area contributed by atoms with Gasteiger partial charge in [0, 0.05) is 0 Å². The van der Waals surface area contributed by atoms with Crippen LogP contribution < -0.4 is 4.74 Å². The van der Waals surface area contributed by atoms with Gasteiger partial charge in [0.2, 0.25) is 0 Å². The van der Waals surface area contributed by atoms with Gasteiger partial charge in [-0.15, -0.1) is 0 Å². The Hall–Kier alpha value is -2.61. The van der Waals surface area contributed by atoms with Crippen LogP contribution in [-0.2, 0) is 0 Å². The average molecular weight is 362 g/mol. The normalized spacial score (nSPS) is 13.2. The van der Waals surface area contributed by atoms with Gasteiger partial charge in [0.25, 0.3) is 0 Å². The Kier molecular flexibility index (Phi) is 6.28. The van der Waals surface area contributed by atoms with Crippen LogP contribution in [0.1, 0.15) is 49.7 Å². The summed E-state index contributed by atoms with van der Waals surface area (Å²) >= 11 is 0. The molecular formula is C25H27FO. The van der Waals surface area contributed by atoms with Crippen LogP contribution in [0.3, 0.4) is 0 Å². The first-order chi connectivity index (χ1) is 13.1. The van der Waals surface area contributed by atoms with E-state index in [1.165, 1.54) is 23.8 Å². The fraction of sp³-hybridized carbons (Fsp3) is 0.280. The second-order valence-corrected chi connectivity index (χ2v) is 7.26. The Morgan fingerprint density at radius 3 is 1.89 bits per heavy atom. The first kappa shape index (κ1) is 19.2. The Balaban J connectivity index is 1.60. The standard InChI is InChI=1S/C25H27FO/c1-18(9-10-19(2)23-15-16-25(27-3)24(26)17-23)20-11-13-22(14-12-20)21-7-5-4-6-8-21/h4-8,11-19H,9-10H2,1-3H3. The number of methoxy groups -OCH3 is 1. The van der Waals surface area contributed by atoms with Crippen molar-refractivity contribution in [2.45, 2.75) is 38.5 Å². The zero-order chi connectivity index (χ0) is 19.2. The molecule has 0 amide bonds. The second kappa shape index (κ2) is 8.85. The van der Waals surface area contributed by atoms with Crippen molar-refractivity contribution in [1.29, 1.82) is 0 Å². The molecule has 0 aromatic heterocycles. The fourth-order valence-electron chi connectivity index (χ4n) is 3.46. The van der Waals surface area contributed by atoms with Gasteiger partial charge < -0.3 is 4.74 Å². The zero-order valence-electron chi connectivity index (χ0n) is 16.3. The molecule has 3 rings (SSSR count). The maximum absolute atomic E-state index is 13.9. The lowest BCUT2D eigenvalue weighted by Gasteiger charge is -2.17. The summed E-state index contributed by atoms with van der Waals surface area (Å²) in [6.45, 7) is 4.42. The molecule has 0 aliphatic rings. The zero-order valence-corrected chi connectivity index (χ0v) is 16.3. The molecule has 0 radical (unpaired) electrons. The number of rotatable bonds is 7. The van der Waals surface area contributed by atoms with E-state index in [1.807, 2.05) is 12.1 Å². The largest absolute Gasteiger partial charge is 0.494 e. The summed E-state index contributed by atoms with van der Waals surface area (Å²) < 4.78 is 18.9. The average Bonchev–Trinajstić information content (AvgIpc) is 2.72. The second-order valence-electron chi connectivity index (χ2n) is 7.26. The lowest BCUT2D eigenvalue weighted by molar-refractivity contribution is 0.385. The number of benzene rings is 3. The maximum Gasteiger partial charge on any atom is 0.165 e. The van der Waals surface area contributed by atoms with Crippen molar-refractivity contribution in [3.05, 3.63) is 89.7 Å². The van der Waals surface area contributed by atoms with Crippen LogP contribution in [0.15, 0.2) is 72.8 Å². The third kappa shape index (κ3) is 4.77. The van der Waals surface area contributed by atoms with E-state index in [9.17, 15) is 4.39 Å². The minimum Gasteiger partial charge on any atom is -0.494 e. The molecule has 0 N–H and O–H groups in total. The third-order valence-electron chi connectivity index (χ3n) is 5.36. The minimum absolute atomic E-state index is 0.286. The molecule has 2 unspecified atom stereocenters. The van der Waals surface area contributed by atoms with E-state index in [2.05, 4.69) is 62.4 Å². The van der Waals surface area contributed by atoms with Gasteiger partial charge in [-0.1, -0.05) is 74.5 Å². The van der Waals surface area contributed by atoms with Crippen LogP contribution in [-0.4, -0.2) is 7.11 Å². The monoisotopic (exact) mass is 362 g/mol. The van der Waals surface area contributed by atoms with E-state index in [-0.39, 0.29) is 5.82 Å². The van der Waals surface area contributed by atoms with Crippen molar-refractivity contribution in [1.82, 2.24) is 0 Å². The van der Waals surface area contributed by atoms with E-state index in [0.29, 0.717) is 17.6 Å². The Bertz CT molecular complexity index is 855. The van der Waals surface area contributed by atoms with Crippen molar-refractivity contribution in [2.75, 3.05) is 7.11 Å². The van der Waals surface area contributed by atoms with Crippen molar-refractivity contribution >= 4 is 0 Å². The SMILES string of the molecule is COc1ccc(C(C)CCC(C)c2ccc(-c3ccccc3)cc2)cc1F. The van der Waals surface area contributed by atoms with Crippen LogP contribution >= 0.6 is 0 Å². The first-order valence-electron chi connectivity index (χ1n) is 9.57. The number of hydrogen-bond donors (Lipinski definition) is 0. The number of ether oxygens (including phenoxy) is 1. The lowest BCUT2D eigenvalue weighted by Crippen LogP contribution is -2.00. The van der Waals surface area contributed by atoms with E-state index in [4.69, 9.17) is 4.74 Å². The van der Waals surface area contributed by atoms with Crippen LogP contribution in [0.2, 0.25) is 0 Å². The molecule has 0 spiro atoms. The summed E-state index contributed by atoms with van der Waals surface area (Å²) in [4.78, 5) is 0. The van der Waals surface area contributed by atoms with E-state index in [1.54, 1.807) is 12.1 Å². The van der Waals surface area contributed by atoms with Gasteiger partial charge in [-0.25, -0.2) is 4.39 Å². The van der Waals surface area contributed by atoms with Gasteiger partial charge in [-0.05, 0) is 59.1 Å². The molecule has 3 aromatic carbocycles. The predicted octanol–water partition coefficient (Wildman–Crippen LogP) is 7.19. The van der Waals surface area contributed by atoms with E-state index in [0.717, 1.165) is 18.4 Å². The van der Waals surface area contributed by atoms with Crippen molar-refractivity contribution < 1.29 is 9.13 Å². The highest BCUT2D eigenvalue weighted by molar-refractivity contribution is 5.63. The fourth-order valence-corrected chi connectivity index (χ4v) is 3.46. The summed E-state index contributed by atoms with van der Waals surface area (Å²) in [5.74, 6) is 0.807. The summed E-state index contributed by atoms with van der Waals surface area (Å²) in [5, 5.41) is 0. The topological polar surface area (TPSA) is 9.23 Å². The molecule has 0 aliphatic heterocycles. The van der Waals surface area contributed by atoms with E-state index >= 15 is 0 Å². The highest BCUT2D eigenvalue weighted by Gasteiger charge is 2.13. The highest BCUT2D eigenvalue weighted by atomic mass is 19.1. The molecule has 0 aliphatic carbocycles. The molecule has 0 saturated carbocycles. The van der Waals surface area contributed by atoms with Gasteiger partial charge >= 0.3 is 0 Å². The third-order valence-corrected chi connectivity index (χ3v) is 5.36. The predicted molar refractivity (Wildman–Crippen MR) is 111 cm³/mol. The summed E-state index contributed by atoms with van der Waals surface area (Å²) in [5.41, 5.74) is 4.86. The molecular weight excluding hydrogens is 335 g/mol. The number of hydrogen-bond acceptors (Lipinski definition) is 1. The van der Waals surface area contributed by atoms with Gasteiger partial charge in [-0.3, -0.25) is 0 Å². The Labute approximate surface area is 161 Å². The molecule has 2 atom stereocenters. The maximum atomic E-state index is 13.9. The molecule has 0 fully saturated rings. The van der Waals surface area contributed by atoms with Crippen LogP contribution in [0.25, 0.3) is 11.1 Å². The Morgan fingerprint density at radius 2 is 1.30 bits per heavy atom. The molecule has 2 heteroatoms. The van der Waals surface area contributed by atoms with Crippen molar-refractivity contribution in [3.8, 4) is 16.9 Å². The molecule has 0 heterocycles. The van der Waals surface area contributed by atoms with Gasteiger partial charge in [0.05, 0.1) is 7.11 Å². The summed E-state index contributed by atoms with van der Waals surface area (Å²) in [6, 6.07) is 24.6. The molecule has 27 heavy (non-hydrogen) atoms.